The number of aromatic nitrogens is 1. The molecule has 1 heterocycles. The maximum absolute atomic E-state index is 10.5. The first kappa shape index (κ1) is 14.9. The molecule has 0 amide bonds. The summed E-state index contributed by atoms with van der Waals surface area (Å²) in [5.74, 6) is 1.000. The van der Waals surface area contributed by atoms with Gasteiger partial charge >= 0.3 is 0 Å². The van der Waals surface area contributed by atoms with E-state index in [-0.39, 0.29) is 12.3 Å². The second kappa shape index (κ2) is 7.35. The Kier molecular flexibility index (Phi) is 4.99. The van der Waals surface area contributed by atoms with E-state index in [9.17, 15) is 10.1 Å². The topological polar surface area (TPSA) is 113 Å². The number of hydrazone groups is 1. The normalized spacial score (nSPS) is 10.1. The van der Waals surface area contributed by atoms with Gasteiger partial charge in [0.1, 0.15) is 23.8 Å². The molecule has 2 aromatic rings. The molecule has 1 aromatic heterocycles. The van der Waals surface area contributed by atoms with Crippen molar-refractivity contribution in [3.8, 4) is 11.8 Å². The number of rotatable bonds is 6. The molecule has 0 unspecified atom stereocenters. The zero-order valence-corrected chi connectivity index (χ0v) is 11.3. The van der Waals surface area contributed by atoms with Crippen molar-refractivity contribution in [1.82, 2.24) is 4.98 Å². The fourth-order valence-electron chi connectivity index (χ4n) is 1.50. The van der Waals surface area contributed by atoms with E-state index in [1.54, 1.807) is 30.5 Å². The highest BCUT2D eigenvalue weighted by Gasteiger charge is 2.04. The number of benzene rings is 1. The van der Waals surface area contributed by atoms with Crippen LogP contribution in [-0.4, -0.2) is 22.7 Å². The molecule has 0 saturated heterocycles. The van der Waals surface area contributed by atoms with Crippen LogP contribution in [0.2, 0.25) is 0 Å². The molecule has 0 aliphatic heterocycles. The fraction of sp³-hybridized carbons (Fsp3) is 0.0714. The minimum Gasteiger partial charge on any atom is -0.479 e. The van der Waals surface area contributed by atoms with Gasteiger partial charge in [0, 0.05) is 6.07 Å². The first-order valence-corrected chi connectivity index (χ1v) is 6.18. The van der Waals surface area contributed by atoms with Crippen LogP contribution in [0.1, 0.15) is 5.56 Å². The van der Waals surface area contributed by atoms with Crippen LogP contribution in [-0.2, 0) is 0 Å². The molecule has 1 aromatic carbocycles. The smallest absolute Gasteiger partial charge is 0.287 e. The van der Waals surface area contributed by atoms with E-state index in [4.69, 9.17) is 10.00 Å². The van der Waals surface area contributed by atoms with Gasteiger partial charge in [-0.3, -0.25) is 15.5 Å². The molecule has 0 atom stereocenters. The number of anilines is 1. The molecular weight excluding hydrogens is 286 g/mol. The van der Waals surface area contributed by atoms with Crippen LogP contribution in [0.15, 0.2) is 47.7 Å². The molecule has 8 nitrogen and oxygen atoms in total. The van der Waals surface area contributed by atoms with Gasteiger partial charge in [-0.1, -0.05) is 0 Å². The average Bonchev–Trinajstić information content (AvgIpc) is 2.54. The van der Waals surface area contributed by atoms with E-state index >= 15 is 0 Å². The van der Waals surface area contributed by atoms with Crippen molar-refractivity contribution < 1.29 is 9.66 Å². The molecule has 2 rings (SSSR count). The van der Waals surface area contributed by atoms with Crippen molar-refractivity contribution in [1.29, 1.82) is 5.26 Å². The van der Waals surface area contributed by atoms with Gasteiger partial charge in [0.15, 0.2) is 6.61 Å². The zero-order chi connectivity index (χ0) is 15.8. The Morgan fingerprint density at radius 3 is 2.73 bits per heavy atom. The number of nitro groups is 1. The number of pyridine rings is 1. The van der Waals surface area contributed by atoms with Crippen molar-refractivity contribution in [3.05, 3.63) is 58.3 Å². The molecule has 0 bridgehead atoms. The van der Waals surface area contributed by atoms with Crippen molar-refractivity contribution in [2.45, 2.75) is 0 Å². The lowest BCUT2D eigenvalue weighted by molar-refractivity contribution is -0.385. The molecular formula is C14H11N5O3. The maximum atomic E-state index is 10.5. The molecule has 0 aliphatic rings. The molecule has 8 heteroatoms. The zero-order valence-electron chi connectivity index (χ0n) is 11.3. The van der Waals surface area contributed by atoms with Crippen molar-refractivity contribution in [2.24, 2.45) is 5.10 Å². The Morgan fingerprint density at radius 1 is 1.36 bits per heavy atom. The number of ether oxygens (including phenoxy) is 1. The largest absolute Gasteiger partial charge is 0.479 e. The van der Waals surface area contributed by atoms with Gasteiger partial charge in [0.25, 0.3) is 5.69 Å². The molecule has 0 spiro atoms. The number of nitrogens with zero attached hydrogens (tertiary/aromatic N) is 4. The van der Waals surface area contributed by atoms with Crippen molar-refractivity contribution in [3.63, 3.8) is 0 Å². The quantitative estimate of drug-likeness (QED) is 0.497. The van der Waals surface area contributed by atoms with Crippen molar-refractivity contribution >= 4 is 17.7 Å². The van der Waals surface area contributed by atoms with Crippen LogP contribution in [0, 0.1) is 21.4 Å². The number of nitrogens with one attached hydrogen (secondary N) is 1. The van der Waals surface area contributed by atoms with Gasteiger partial charge in [-0.2, -0.15) is 10.4 Å². The van der Waals surface area contributed by atoms with Crippen LogP contribution in [0.5, 0.6) is 5.75 Å². The van der Waals surface area contributed by atoms with Gasteiger partial charge in [0.05, 0.1) is 11.1 Å². The summed E-state index contributed by atoms with van der Waals surface area (Å²) >= 11 is 0. The monoisotopic (exact) mass is 297 g/mol. The van der Waals surface area contributed by atoms with Crippen LogP contribution in [0.4, 0.5) is 11.5 Å². The van der Waals surface area contributed by atoms with Gasteiger partial charge in [0.2, 0.25) is 0 Å². The van der Waals surface area contributed by atoms with Crippen molar-refractivity contribution in [2.75, 3.05) is 12.0 Å². The van der Waals surface area contributed by atoms with Crippen LogP contribution >= 0.6 is 0 Å². The average molecular weight is 297 g/mol. The molecule has 0 saturated carbocycles. The Balaban J connectivity index is 1.91. The van der Waals surface area contributed by atoms with Gasteiger partial charge < -0.3 is 4.74 Å². The van der Waals surface area contributed by atoms with Crippen LogP contribution < -0.4 is 10.2 Å². The maximum Gasteiger partial charge on any atom is 0.287 e. The summed E-state index contributed by atoms with van der Waals surface area (Å²) in [7, 11) is 0. The second-order valence-corrected chi connectivity index (χ2v) is 4.04. The Labute approximate surface area is 125 Å². The molecule has 0 radical (unpaired) electrons. The first-order chi connectivity index (χ1) is 10.7. The lowest BCUT2D eigenvalue weighted by Gasteiger charge is -2.01. The van der Waals surface area contributed by atoms with E-state index in [1.807, 2.05) is 6.07 Å². The lowest BCUT2D eigenvalue weighted by Crippen LogP contribution is -1.95. The van der Waals surface area contributed by atoms with Crippen LogP contribution in [0.3, 0.4) is 0 Å². The second-order valence-electron chi connectivity index (χ2n) is 4.04. The number of hydrogen-bond acceptors (Lipinski definition) is 7. The summed E-state index contributed by atoms with van der Waals surface area (Å²) in [5.41, 5.74) is 3.41. The molecule has 0 fully saturated rings. The standard InChI is InChI=1S/C14H11N5O3/c15-7-8-22-13-4-1-11(2-5-13)9-17-18-14-6-3-12(10-16-14)19(20)21/h1-6,9-10H,8H2,(H,16,18). The summed E-state index contributed by atoms with van der Waals surface area (Å²) < 4.78 is 5.13. The third kappa shape index (κ3) is 4.28. The Morgan fingerprint density at radius 2 is 2.14 bits per heavy atom. The summed E-state index contributed by atoms with van der Waals surface area (Å²) in [6.45, 7) is 0.000798. The molecule has 110 valence electrons. The molecule has 22 heavy (non-hydrogen) atoms. The van der Waals surface area contributed by atoms with E-state index in [2.05, 4.69) is 15.5 Å². The minimum atomic E-state index is -0.518. The van der Waals surface area contributed by atoms with Crippen LogP contribution in [0.25, 0.3) is 0 Å². The minimum absolute atomic E-state index is 0.000798. The van der Waals surface area contributed by atoms with E-state index in [0.717, 1.165) is 11.8 Å². The predicted octanol–water partition coefficient (Wildman–Crippen LogP) is 2.34. The number of nitriles is 1. The predicted molar refractivity (Wildman–Crippen MR) is 79.7 cm³/mol. The first-order valence-electron chi connectivity index (χ1n) is 6.18. The summed E-state index contributed by atoms with van der Waals surface area (Å²) in [5, 5.41) is 22.9. The Bertz CT molecular complexity index is 705. The SMILES string of the molecule is N#CCOc1ccc(C=NNc2ccc([N+](=O)[O-])cn2)cc1. The third-order valence-electron chi connectivity index (χ3n) is 2.53. The summed E-state index contributed by atoms with van der Waals surface area (Å²) in [4.78, 5) is 13.8. The highest BCUT2D eigenvalue weighted by molar-refractivity contribution is 5.80. The van der Waals surface area contributed by atoms with E-state index < -0.39 is 4.92 Å². The van der Waals surface area contributed by atoms with E-state index in [1.165, 1.54) is 12.1 Å². The molecule has 1 N–H and O–H groups in total. The third-order valence-corrected chi connectivity index (χ3v) is 2.53. The van der Waals surface area contributed by atoms with Gasteiger partial charge in [-0.15, -0.1) is 0 Å². The fourth-order valence-corrected chi connectivity index (χ4v) is 1.50. The highest BCUT2D eigenvalue weighted by Crippen LogP contribution is 2.12. The Hall–Kier alpha value is -3.47. The van der Waals surface area contributed by atoms with Gasteiger partial charge in [-0.05, 0) is 35.9 Å². The highest BCUT2D eigenvalue weighted by atomic mass is 16.6. The number of hydrogen-bond donors (Lipinski definition) is 1. The lowest BCUT2D eigenvalue weighted by atomic mass is 10.2. The van der Waals surface area contributed by atoms with Gasteiger partial charge in [-0.25, -0.2) is 4.98 Å². The molecule has 0 aliphatic carbocycles. The summed E-state index contributed by atoms with van der Waals surface area (Å²) in [6.07, 6.45) is 2.72. The van der Waals surface area contributed by atoms with E-state index in [0.29, 0.717) is 11.6 Å². The summed E-state index contributed by atoms with van der Waals surface area (Å²) in [6, 6.07) is 11.7.